The van der Waals surface area contributed by atoms with Crippen LogP contribution in [-0.2, 0) is 21.3 Å². The highest BCUT2D eigenvalue weighted by molar-refractivity contribution is 7.92. The Kier molecular flexibility index (Phi) is 12.0. The van der Waals surface area contributed by atoms with E-state index in [-0.39, 0.29) is 17.7 Å². The van der Waals surface area contributed by atoms with E-state index in [1.165, 1.54) is 6.07 Å². The monoisotopic (exact) mass is 657 g/mol. The number of aromatic nitrogens is 1. The van der Waals surface area contributed by atoms with Crippen LogP contribution < -0.4 is 4.72 Å². The normalized spacial score (nSPS) is 18.0. The van der Waals surface area contributed by atoms with Gasteiger partial charge in [-0.25, -0.2) is 17.8 Å². The van der Waals surface area contributed by atoms with Crippen molar-refractivity contribution in [3.05, 3.63) is 70.1 Å². The minimum Gasteiger partial charge on any atom is -0.390 e. The van der Waals surface area contributed by atoms with Crippen LogP contribution in [0.1, 0.15) is 94.2 Å². The maximum atomic E-state index is 15.6. The molecule has 2 aromatic rings. The first-order valence-electron chi connectivity index (χ1n) is 16.5. The van der Waals surface area contributed by atoms with Crippen molar-refractivity contribution in [2.24, 2.45) is 10.9 Å². The van der Waals surface area contributed by atoms with Gasteiger partial charge in [0.2, 0.25) is 10.0 Å². The number of sulfonamides is 1. The quantitative estimate of drug-likeness (QED) is 0.277. The smallest absolute Gasteiger partial charge is 0.229 e. The molecule has 11 heteroatoms. The summed E-state index contributed by atoms with van der Waals surface area (Å²) in [7, 11) is -3.59. The van der Waals surface area contributed by atoms with Crippen molar-refractivity contribution < 1.29 is 22.7 Å². The Morgan fingerprint density at radius 1 is 1.20 bits per heavy atom. The Labute approximate surface area is 275 Å². The number of aliphatic hydroxyl groups is 1. The summed E-state index contributed by atoms with van der Waals surface area (Å²) in [5, 5.41) is 10.5. The molecule has 46 heavy (non-hydrogen) atoms. The fourth-order valence-electron chi connectivity index (χ4n) is 6.24. The molecule has 0 spiro atoms. The first-order valence-corrected chi connectivity index (χ1v) is 18.4. The van der Waals surface area contributed by atoms with Gasteiger partial charge in [-0.05, 0) is 100 Å². The number of unbranched alkanes of at least 4 members (excludes halogenated alkanes) is 1. The third-order valence-electron chi connectivity index (χ3n) is 8.93. The molecule has 2 N–H and O–H groups in total. The molecule has 2 saturated heterocycles. The second-order valence-electron chi connectivity index (χ2n) is 13.5. The number of allylic oxidation sites excluding steroid dienone is 1. The van der Waals surface area contributed by atoms with Crippen molar-refractivity contribution in [2.75, 3.05) is 50.4 Å². The fourth-order valence-corrected chi connectivity index (χ4v) is 6.80. The molecule has 0 radical (unpaired) electrons. The lowest BCUT2D eigenvalue weighted by atomic mass is 9.83. The summed E-state index contributed by atoms with van der Waals surface area (Å²) in [5.74, 6) is 0.623. The molecule has 254 valence electrons. The summed E-state index contributed by atoms with van der Waals surface area (Å²) in [6.45, 7) is 16.6. The zero-order valence-electron chi connectivity index (χ0n) is 28.6. The lowest BCUT2D eigenvalue weighted by Crippen LogP contribution is -2.41. The average molecular weight is 658 g/mol. The van der Waals surface area contributed by atoms with E-state index in [4.69, 9.17) is 14.7 Å². The van der Waals surface area contributed by atoms with Gasteiger partial charge in [0, 0.05) is 37.0 Å². The zero-order chi connectivity index (χ0) is 33.6. The Bertz CT molecular complexity index is 1520. The highest BCUT2D eigenvalue weighted by atomic mass is 32.2. The van der Waals surface area contributed by atoms with E-state index < -0.39 is 15.6 Å². The second kappa shape index (κ2) is 15.4. The van der Waals surface area contributed by atoms with Crippen LogP contribution in [0.15, 0.2) is 41.3 Å². The van der Waals surface area contributed by atoms with Gasteiger partial charge < -0.3 is 14.7 Å². The van der Waals surface area contributed by atoms with Crippen LogP contribution in [0.25, 0.3) is 0 Å². The number of benzene rings is 1. The number of pyridine rings is 1. The van der Waals surface area contributed by atoms with Crippen LogP contribution in [0, 0.1) is 18.7 Å². The third kappa shape index (κ3) is 9.59. The summed E-state index contributed by atoms with van der Waals surface area (Å²) in [5.41, 5.74) is 3.84. The molecule has 2 aliphatic heterocycles. The minimum atomic E-state index is -3.59. The summed E-state index contributed by atoms with van der Waals surface area (Å²) in [6.07, 6.45) is 8.47. The second-order valence-corrected chi connectivity index (χ2v) is 15.3. The number of rotatable bonds is 12. The molecule has 1 aromatic carbocycles. The van der Waals surface area contributed by atoms with Crippen LogP contribution in [0.4, 0.5) is 10.1 Å². The molecule has 2 aliphatic rings. The summed E-state index contributed by atoms with van der Waals surface area (Å²) in [4.78, 5) is 14.4. The van der Waals surface area contributed by atoms with Crippen LogP contribution in [0.2, 0.25) is 0 Å². The van der Waals surface area contributed by atoms with Gasteiger partial charge in [-0.3, -0.25) is 14.6 Å². The lowest BCUT2D eigenvalue weighted by molar-refractivity contribution is -0.0136. The molecule has 4 rings (SSSR count). The van der Waals surface area contributed by atoms with Crippen molar-refractivity contribution in [1.29, 1.82) is 0 Å². The predicted molar refractivity (Wildman–Crippen MR) is 183 cm³/mol. The average Bonchev–Trinajstić information content (AvgIpc) is 2.98. The molecule has 0 unspecified atom stereocenters. The van der Waals surface area contributed by atoms with E-state index >= 15 is 4.39 Å². The predicted octanol–water partition coefficient (Wildman–Crippen LogP) is 5.82. The number of anilines is 1. The number of morpholine rings is 1. The SMILES string of the molecule is CCC/C=C(/N=C(/c1cnc(C(C)C)c(NS(C)(=O)=O)c1)c1cc(F)cc(CN2CCC(C(C)(C)O)CC2)c1C)N1CCOCC1. The molecule has 2 fully saturated rings. The first kappa shape index (κ1) is 36.0. The number of nitrogens with zero attached hydrogens (tertiary/aromatic N) is 4. The number of likely N-dealkylation sites (tertiary alicyclic amines) is 1. The number of aliphatic imine (C=N–C) groups is 1. The highest BCUT2D eigenvalue weighted by Gasteiger charge is 2.31. The summed E-state index contributed by atoms with van der Waals surface area (Å²) in [6, 6.07) is 4.89. The molecular weight excluding hydrogens is 605 g/mol. The largest absolute Gasteiger partial charge is 0.390 e. The van der Waals surface area contributed by atoms with E-state index in [0.717, 1.165) is 62.0 Å². The summed E-state index contributed by atoms with van der Waals surface area (Å²) >= 11 is 0. The topological polar surface area (TPSA) is 107 Å². The van der Waals surface area contributed by atoms with E-state index in [0.29, 0.717) is 61.1 Å². The maximum Gasteiger partial charge on any atom is 0.229 e. The highest BCUT2D eigenvalue weighted by Crippen LogP contribution is 2.31. The van der Waals surface area contributed by atoms with E-state index in [1.807, 2.05) is 34.6 Å². The van der Waals surface area contributed by atoms with Gasteiger partial charge in [0.1, 0.15) is 11.6 Å². The molecule has 0 saturated carbocycles. The third-order valence-corrected chi connectivity index (χ3v) is 9.52. The standard InChI is InChI=1S/C35H52FN5O4S/c1-8-9-10-32(41-15-17-45-18-16-41)38-34(26-20-31(39-46(7,43)44)33(24(2)3)37-22-26)30-21-29(36)19-27(25(30)4)23-40-13-11-28(12-14-40)35(5,6)42/h10,19-22,24,28,39,42H,8-9,11-18,23H2,1-7H3/b32-10-,38-34-. The number of piperidine rings is 1. The fraction of sp³-hybridized carbons (Fsp3) is 0.600. The molecule has 1 aromatic heterocycles. The van der Waals surface area contributed by atoms with E-state index in [9.17, 15) is 13.5 Å². The Morgan fingerprint density at radius 3 is 2.46 bits per heavy atom. The molecular formula is C35H52FN5O4S. The number of ether oxygens (including phenoxy) is 1. The van der Waals surface area contributed by atoms with Crippen molar-refractivity contribution >= 4 is 21.4 Å². The van der Waals surface area contributed by atoms with Gasteiger partial charge in [-0.1, -0.05) is 27.2 Å². The van der Waals surface area contributed by atoms with Crippen LogP contribution in [-0.4, -0.2) is 85.3 Å². The van der Waals surface area contributed by atoms with Crippen molar-refractivity contribution in [3.63, 3.8) is 0 Å². The van der Waals surface area contributed by atoms with Crippen molar-refractivity contribution in [3.8, 4) is 0 Å². The molecule has 0 bridgehead atoms. The van der Waals surface area contributed by atoms with Gasteiger partial charge in [0.25, 0.3) is 0 Å². The minimum absolute atomic E-state index is 0.0323. The van der Waals surface area contributed by atoms with Gasteiger partial charge in [0.15, 0.2) is 0 Å². The van der Waals surface area contributed by atoms with Crippen molar-refractivity contribution in [2.45, 2.75) is 85.3 Å². The van der Waals surface area contributed by atoms with Gasteiger partial charge in [0.05, 0.1) is 42.2 Å². The first-order chi connectivity index (χ1) is 21.7. The van der Waals surface area contributed by atoms with Gasteiger partial charge >= 0.3 is 0 Å². The Hall–Kier alpha value is -2.86. The van der Waals surface area contributed by atoms with E-state index in [1.54, 1.807) is 18.3 Å². The van der Waals surface area contributed by atoms with Crippen molar-refractivity contribution in [1.82, 2.24) is 14.8 Å². The van der Waals surface area contributed by atoms with Gasteiger partial charge in [-0.2, -0.15) is 0 Å². The molecule has 3 heterocycles. The Morgan fingerprint density at radius 2 is 1.87 bits per heavy atom. The molecule has 0 amide bonds. The lowest BCUT2D eigenvalue weighted by Gasteiger charge is -2.38. The summed E-state index contributed by atoms with van der Waals surface area (Å²) < 4.78 is 48.6. The van der Waals surface area contributed by atoms with Crippen LogP contribution in [0.5, 0.6) is 0 Å². The maximum absolute atomic E-state index is 15.6. The number of hydrogen-bond acceptors (Lipinski definition) is 8. The van der Waals surface area contributed by atoms with Gasteiger partial charge in [-0.15, -0.1) is 0 Å². The number of nitrogens with one attached hydrogen (secondary N) is 1. The number of hydrogen-bond donors (Lipinski definition) is 2. The van der Waals surface area contributed by atoms with Crippen LogP contribution >= 0.6 is 0 Å². The van der Waals surface area contributed by atoms with Crippen LogP contribution in [0.3, 0.4) is 0 Å². The molecule has 9 nitrogen and oxygen atoms in total. The molecule has 0 atom stereocenters. The number of halogens is 1. The zero-order valence-corrected chi connectivity index (χ0v) is 29.4. The molecule has 0 aliphatic carbocycles. The Balaban J connectivity index is 1.84. The van der Waals surface area contributed by atoms with E-state index in [2.05, 4.69) is 27.5 Å².